The summed E-state index contributed by atoms with van der Waals surface area (Å²) in [4.78, 5) is -0.160. The summed E-state index contributed by atoms with van der Waals surface area (Å²) in [7, 11) is 0. The number of hydrogen-bond acceptors (Lipinski definition) is 2. The molecular weight excluding hydrogens is 238 g/mol. The van der Waals surface area contributed by atoms with E-state index in [1.165, 1.54) is 0 Å². The summed E-state index contributed by atoms with van der Waals surface area (Å²) in [5.74, 6) is 0. The van der Waals surface area contributed by atoms with Gasteiger partial charge in [0.1, 0.15) is 0 Å². The van der Waals surface area contributed by atoms with Crippen LogP contribution in [0.2, 0.25) is 0 Å². The average Bonchev–Trinajstić information content (AvgIpc) is 1.84. The van der Waals surface area contributed by atoms with E-state index in [1.807, 2.05) is 0 Å². The number of nitriles is 1. The fourth-order valence-electron chi connectivity index (χ4n) is 0.165. The highest BCUT2D eigenvalue weighted by Crippen LogP contribution is 2.07. The van der Waals surface area contributed by atoms with Crippen LogP contribution in [-0.2, 0) is 0 Å². The molecule has 0 saturated carbocycles. The van der Waals surface area contributed by atoms with Crippen molar-refractivity contribution in [3.8, 4) is 6.07 Å². The van der Waals surface area contributed by atoms with Gasteiger partial charge in [0.2, 0.25) is 0 Å². The minimum Gasteiger partial charge on any atom is -0.377 e. The number of aliphatic hydroxyl groups excluding tert-OH is 1. The largest absolute Gasteiger partial charge is 0.377 e. The summed E-state index contributed by atoms with van der Waals surface area (Å²) in [5.41, 5.74) is 0. The monoisotopic (exact) mass is 241 g/mol. The van der Waals surface area contributed by atoms with Crippen molar-refractivity contribution >= 4 is 31.9 Å². The molecule has 2 nitrogen and oxygen atoms in total. The van der Waals surface area contributed by atoms with Crippen LogP contribution in [0.15, 0.2) is 0 Å². The maximum Gasteiger partial charge on any atom is 0.153 e. The van der Waals surface area contributed by atoms with Crippen molar-refractivity contribution in [3.63, 3.8) is 0 Å². The maximum absolute atomic E-state index is 8.69. The van der Waals surface area contributed by atoms with Crippen LogP contribution in [0.4, 0.5) is 0 Å². The molecule has 0 aliphatic heterocycles. The Labute approximate surface area is 64.8 Å². The van der Waals surface area contributed by atoms with Crippen LogP contribution in [-0.4, -0.2) is 21.4 Å². The molecule has 2 atom stereocenters. The molecule has 8 heavy (non-hydrogen) atoms. The highest BCUT2D eigenvalue weighted by molar-refractivity contribution is 9.12. The molecule has 0 aromatic rings. The Balaban J connectivity index is 3.49. The Morgan fingerprint density at radius 3 is 2.38 bits per heavy atom. The molecule has 46 valence electrons. The Morgan fingerprint density at radius 2 is 2.25 bits per heavy atom. The van der Waals surface area contributed by atoms with Crippen LogP contribution in [0.1, 0.15) is 0 Å². The van der Waals surface area contributed by atoms with E-state index in [4.69, 9.17) is 10.4 Å². The van der Waals surface area contributed by atoms with E-state index in [-0.39, 0.29) is 4.83 Å². The minimum atomic E-state index is -0.908. The second kappa shape index (κ2) is 4.30. The molecule has 0 radical (unpaired) electrons. The standard InChI is InChI=1S/C4H5Br2NO/c5-1-3(6)4(8)2-7/h3-4,8H,1H2. The van der Waals surface area contributed by atoms with E-state index >= 15 is 0 Å². The molecule has 0 aromatic carbocycles. The van der Waals surface area contributed by atoms with Crippen molar-refractivity contribution in [3.05, 3.63) is 0 Å². The first-order valence-corrected chi connectivity index (χ1v) is 4.03. The van der Waals surface area contributed by atoms with E-state index in [0.717, 1.165) is 0 Å². The number of rotatable bonds is 2. The first-order valence-electron chi connectivity index (χ1n) is 2.00. The van der Waals surface area contributed by atoms with Crippen molar-refractivity contribution in [1.82, 2.24) is 0 Å². The van der Waals surface area contributed by atoms with Crippen molar-refractivity contribution in [2.45, 2.75) is 10.9 Å². The summed E-state index contributed by atoms with van der Waals surface area (Å²) in [5, 5.41) is 17.4. The molecule has 0 bridgehead atoms. The van der Waals surface area contributed by atoms with E-state index in [9.17, 15) is 0 Å². The molecule has 2 unspecified atom stereocenters. The van der Waals surface area contributed by atoms with Crippen molar-refractivity contribution in [2.75, 3.05) is 5.33 Å². The van der Waals surface area contributed by atoms with Gasteiger partial charge in [-0.2, -0.15) is 5.26 Å². The molecule has 0 heterocycles. The highest BCUT2D eigenvalue weighted by atomic mass is 79.9. The smallest absolute Gasteiger partial charge is 0.153 e. The predicted octanol–water partition coefficient (Wildman–Crippen LogP) is 1.03. The zero-order valence-electron chi connectivity index (χ0n) is 4.01. The van der Waals surface area contributed by atoms with Crippen LogP contribution in [0, 0.1) is 11.3 Å². The zero-order valence-corrected chi connectivity index (χ0v) is 7.18. The third-order valence-electron chi connectivity index (χ3n) is 0.622. The van der Waals surface area contributed by atoms with Gasteiger partial charge in [-0.05, 0) is 0 Å². The molecule has 0 aliphatic rings. The van der Waals surface area contributed by atoms with Crippen LogP contribution in [0.25, 0.3) is 0 Å². The molecule has 0 saturated heterocycles. The van der Waals surface area contributed by atoms with Gasteiger partial charge in [-0.25, -0.2) is 0 Å². The average molecular weight is 243 g/mol. The van der Waals surface area contributed by atoms with E-state index in [1.54, 1.807) is 6.07 Å². The molecule has 0 amide bonds. The second-order valence-electron chi connectivity index (χ2n) is 1.24. The van der Waals surface area contributed by atoms with E-state index < -0.39 is 6.10 Å². The van der Waals surface area contributed by atoms with Gasteiger partial charge >= 0.3 is 0 Å². The highest BCUT2D eigenvalue weighted by Gasteiger charge is 2.11. The van der Waals surface area contributed by atoms with Gasteiger partial charge in [-0.15, -0.1) is 0 Å². The Morgan fingerprint density at radius 1 is 1.75 bits per heavy atom. The van der Waals surface area contributed by atoms with Gasteiger partial charge in [0.05, 0.1) is 10.9 Å². The number of aliphatic hydroxyl groups is 1. The first-order chi connectivity index (χ1) is 3.72. The number of alkyl halides is 2. The topological polar surface area (TPSA) is 44.0 Å². The fourth-order valence-corrected chi connectivity index (χ4v) is 0.638. The third-order valence-corrected chi connectivity index (χ3v) is 3.01. The van der Waals surface area contributed by atoms with Gasteiger partial charge < -0.3 is 5.11 Å². The van der Waals surface area contributed by atoms with Gasteiger partial charge in [-0.3, -0.25) is 0 Å². The van der Waals surface area contributed by atoms with Crippen LogP contribution < -0.4 is 0 Å². The summed E-state index contributed by atoms with van der Waals surface area (Å²) in [6.45, 7) is 0. The lowest BCUT2D eigenvalue weighted by Crippen LogP contribution is -2.18. The molecule has 0 aromatic heterocycles. The number of halogens is 2. The quantitative estimate of drug-likeness (QED) is 0.581. The molecule has 4 heteroatoms. The van der Waals surface area contributed by atoms with Crippen molar-refractivity contribution in [2.24, 2.45) is 0 Å². The lowest BCUT2D eigenvalue weighted by molar-refractivity contribution is 0.235. The van der Waals surface area contributed by atoms with E-state index in [2.05, 4.69) is 31.9 Å². The summed E-state index contributed by atoms with van der Waals surface area (Å²) < 4.78 is 0. The first kappa shape index (κ1) is 8.41. The minimum absolute atomic E-state index is 0.160. The van der Waals surface area contributed by atoms with Crippen molar-refractivity contribution in [1.29, 1.82) is 5.26 Å². The second-order valence-corrected chi connectivity index (χ2v) is 3.07. The molecule has 0 fully saturated rings. The Kier molecular flexibility index (Phi) is 4.53. The van der Waals surface area contributed by atoms with Gasteiger partial charge in [-0.1, -0.05) is 31.9 Å². The third kappa shape index (κ3) is 2.65. The number of nitrogens with zero attached hydrogens (tertiary/aromatic N) is 1. The normalized spacial score (nSPS) is 16.8. The molecule has 0 aliphatic carbocycles. The van der Waals surface area contributed by atoms with Gasteiger partial charge in [0.25, 0.3) is 0 Å². The lowest BCUT2D eigenvalue weighted by Gasteiger charge is -2.03. The molecular formula is C4H5Br2NO. The van der Waals surface area contributed by atoms with Crippen LogP contribution in [0.5, 0.6) is 0 Å². The van der Waals surface area contributed by atoms with Gasteiger partial charge in [0.15, 0.2) is 6.10 Å². The van der Waals surface area contributed by atoms with Crippen molar-refractivity contribution < 1.29 is 5.11 Å². The Bertz CT molecular complexity index is 101. The predicted molar refractivity (Wildman–Crippen MR) is 38.1 cm³/mol. The summed E-state index contributed by atoms with van der Waals surface area (Å²) >= 11 is 6.18. The molecule has 0 spiro atoms. The van der Waals surface area contributed by atoms with Gasteiger partial charge in [0, 0.05) is 5.33 Å². The summed E-state index contributed by atoms with van der Waals surface area (Å²) in [6, 6.07) is 1.69. The maximum atomic E-state index is 8.69. The lowest BCUT2D eigenvalue weighted by atomic mass is 10.3. The zero-order chi connectivity index (χ0) is 6.57. The Hall–Kier alpha value is 0.410. The van der Waals surface area contributed by atoms with E-state index in [0.29, 0.717) is 5.33 Å². The van der Waals surface area contributed by atoms with Crippen LogP contribution in [0.3, 0.4) is 0 Å². The fraction of sp³-hybridized carbons (Fsp3) is 0.750. The SMILES string of the molecule is N#CC(O)C(Br)CBr. The molecule has 0 rings (SSSR count). The summed E-state index contributed by atoms with van der Waals surface area (Å²) in [6.07, 6.45) is -0.908. The number of hydrogen-bond donors (Lipinski definition) is 1. The molecule has 1 N–H and O–H groups in total. The van der Waals surface area contributed by atoms with Crippen LogP contribution >= 0.6 is 31.9 Å².